The van der Waals surface area contributed by atoms with Crippen molar-refractivity contribution in [2.24, 2.45) is 11.8 Å². The quantitative estimate of drug-likeness (QED) is 0.624. The van der Waals surface area contributed by atoms with E-state index in [2.05, 4.69) is 20.4 Å². The number of aromatic nitrogens is 5. The molecule has 3 aliphatic rings. The van der Waals surface area contributed by atoms with Gasteiger partial charge in [-0.3, -0.25) is 0 Å². The Morgan fingerprint density at radius 1 is 1.00 bits per heavy atom. The SMILES string of the molecule is Cc1ncnc(N2C[C@H]3CC[C@@H](C2)C3Nc2nc3n(n2)CCCN3c2ccc(F)c(F)c2)c1F. The van der Waals surface area contributed by atoms with Crippen LogP contribution in [0, 0.1) is 36.2 Å². The Bertz CT molecular complexity index is 1220. The Kier molecular flexibility index (Phi) is 5.07. The van der Waals surface area contributed by atoms with Crippen molar-refractivity contribution in [3.63, 3.8) is 0 Å². The second-order valence-electron chi connectivity index (χ2n) is 9.33. The summed E-state index contributed by atoms with van der Waals surface area (Å²) in [5.74, 6) is 0.0451. The molecule has 34 heavy (non-hydrogen) atoms. The molecule has 1 aliphatic carbocycles. The minimum absolute atomic E-state index is 0.184. The lowest BCUT2D eigenvalue weighted by molar-refractivity contribution is 0.371. The molecule has 0 amide bonds. The Morgan fingerprint density at radius 3 is 2.56 bits per heavy atom. The van der Waals surface area contributed by atoms with E-state index in [1.165, 1.54) is 12.4 Å². The van der Waals surface area contributed by atoms with Crippen molar-refractivity contribution in [1.29, 1.82) is 0 Å². The van der Waals surface area contributed by atoms with Crippen LogP contribution in [0.15, 0.2) is 24.5 Å². The predicted molar refractivity (Wildman–Crippen MR) is 121 cm³/mol. The van der Waals surface area contributed by atoms with Gasteiger partial charge >= 0.3 is 0 Å². The Balaban J connectivity index is 1.21. The van der Waals surface area contributed by atoms with Crippen LogP contribution in [0.4, 0.5) is 36.6 Å². The maximum absolute atomic E-state index is 14.6. The van der Waals surface area contributed by atoms with E-state index in [1.54, 1.807) is 13.0 Å². The lowest BCUT2D eigenvalue weighted by atomic mass is 9.92. The molecule has 3 aromatic rings. The minimum atomic E-state index is -0.883. The van der Waals surface area contributed by atoms with E-state index in [9.17, 15) is 13.2 Å². The number of halogens is 3. The van der Waals surface area contributed by atoms with E-state index in [4.69, 9.17) is 4.98 Å². The van der Waals surface area contributed by atoms with Gasteiger partial charge in [0.1, 0.15) is 6.33 Å². The second kappa shape index (κ2) is 8.14. The summed E-state index contributed by atoms with van der Waals surface area (Å²) in [6.07, 6.45) is 4.32. The van der Waals surface area contributed by atoms with E-state index in [0.717, 1.165) is 25.3 Å². The summed E-state index contributed by atoms with van der Waals surface area (Å²) in [6, 6.07) is 4.06. The van der Waals surface area contributed by atoms with Crippen LogP contribution in [0.25, 0.3) is 0 Å². The van der Waals surface area contributed by atoms with Crippen LogP contribution in [0.5, 0.6) is 0 Å². The summed E-state index contributed by atoms with van der Waals surface area (Å²) in [5, 5.41) is 8.18. The third kappa shape index (κ3) is 3.54. The first kappa shape index (κ1) is 21.2. The maximum Gasteiger partial charge on any atom is 0.244 e. The van der Waals surface area contributed by atoms with Crippen LogP contribution in [-0.4, -0.2) is 50.4 Å². The third-order valence-corrected chi connectivity index (χ3v) is 7.23. The molecular formula is C23H25F3N8. The predicted octanol–water partition coefficient (Wildman–Crippen LogP) is 3.66. The maximum atomic E-state index is 14.6. The smallest absolute Gasteiger partial charge is 0.244 e. The number of anilines is 4. The molecule has 1 unspecified atom stereocenters. The van der Waals surface area contributed by atoms with Crippen molar-refractivity contribution >= 4 is 23.4 Å². The highest BCUT2D eigenvalue weighted by molar-refractivity contribution is 5.59. The number of nitrogens with one attached hydrogen (secondary N) is 1. The second-order valence-corrected chi connectivity index (χ2v) is 9.33. The molecule has 0 radical (unpaired) electrons. The fourth-order valence-electron chi connectivity index (χ4n) is 5.57. The van der Waals surface area contributed by atoms with Crippen molar-refractivity contribution in [3.8, 4) is 0 Å². The van der Waals surface area contributed by atoms with Crippen LogP contribution in [-0.2, 0) is 6.54 Å². The van der Waals surface area contributed by atoms with Crippen LogP contribution in [0.3, 0.4) is 0 Å². The van der Waals surface area contributed by atoms with E-state index in [0.29, 0.717) is 67.1 Å². The zero-order chi connectivity index (χ0) is 23.4. The molecule has 4 heterocycles. The summed E-state index contributed by atoms with van der Waals surface area (Å²) in [4.78, 5) is 16.7. The fraction of sp³-hybridized carbons (Fsp3) is 0.478. The standard InChI is InChI=1S/C23H25F3N8/c1-13-19(26)21(28-12-27-13)32-10-14-3-4-15(11-32)20(14)29-22-30-23-33(7-2-8-34(23)31-22)16-5-6-17(24)18(25)9-16/h5-6,9,12,14-15,20H,2-4,7-8,10-11H2,1H3,(H,29,31)/t14-,15+,20?. The number of nitrogens with zero attached hydrogens (tertiary/aromatic N) is 7. The first-order chi connectivity index (χ1) is 16.5. The van der Waals surface area contributed by atoms with Gasteiger partial charge in [-0.25, -0.2) is 27.8 Å². The number of benzene rings is 1. The van der Waals surface area contributed by atoms with Gasteiger partial charge in [0, 0.05) is 44.0 Å². The van der Waals surface area contributed by atoms with Gasteiger partial charge in [-0.1, -0.05) is 0 Å². The van der Waals surface area contributed by atoms with Gasteiger partial charge in [0.2, 0.25) is 11.9 Å². The number of piperidine rings is 1. The Morgan fingerprint density at radius 2 is 1.79 bits per heavy atom. The highest BCUT2D eigenvalue weighted by Gasteiger charge is 2.43. The number of aryl methyl sites for hydroxylation is 2. The van der Waals surface area contributed by atoms with Crippen molar-refractivity contribution in [2.45, 2.75) is 38.8 Å². The number of fused-ring (bicyclic) bond motifs is 3. The summed E-state index contributed by atoms with van der Waals surface area (Å²) in [7, 11) is 0. The highest BCUT2D eigenvalue weighted by Crippen LogP contribution is 2.40. The van der Waals surface area contributed by atoms with E-state index in [1.807, 2.05) is 14.5 Å². The molecule has 8 nitrogen and oxygen atoms in total. The molecule has 2 aromatic heterocycles. The molecule has 2 bridgehead atoms. The zero-order valence-corrected chi connectivity index (χ0v) is 18.8. The average Bonchev–Trinajstić information content (AvgIpc) is 3.33. The van der Waals surface area contributed by atoms with Gasteiger partial charge in [-0.05, 0) is 50.2 Å². The largest absolute Gasteiger partial charge is 0.353 e. The lowest BCUT2D eigenvalue weighted by Gasteiger charge is -2.38. The third-order valence-electron chi connectivity index (χ3n) is 7.23. The summed E-state index contributed by atoms with van der Waals surface area (Å²) >= 11 is 0. The Labute approximate surface area is 194 Å². The molecule has 2 aliphatic heterocycles. The molecule has 1 saturated heterocycles. The molecule has 3 atom stereocenters. The fourth-order valence-corrected chi connectivity index (χ4v) is 5.57. The molecule has 178 valence electrons. The molecule has 1 saturated carbocycles. The number of hydrogen-bond donors (Lipinski definition) is 1. The van der Waals surface area contributed by atoms with Gasteiger partial charge < -0.3 is 15.1 Å². The molecule has 1 aromatic carbocycles. The lowest BCUT2D eigenvalue weighted by Crippen LogP contribution is -2.48. The van der Waals surface area contributed by atoms with E-state index in [-0.39, 0.29) is 11.9 Å². The average molecular weight is 471 g/mol. The van der Waals surface area contributed by atoms with Crippen LogP contribution in [0.1, 0.15) is 25.0 Å². The molecule has 11 heteroatoms. The van der Waals surface area contributed by atoms with Crippen molar-refractivity contribution in [3.05, 3.63) is 47.7 Å². The van der Waals surface area contributed by atoms with Crippen LogP contribution >= 0.6 is 0 Å². The van der Waals surface area contributed by atoms with Crippen LogP contribution < -0.4 is 15.1 Å². The van der Waals surface area contributed by atoms with Gasteiger partial charge in [0.25, 0.3) is 0 Å². The van der Waals surface area contributed by atoms with E-state index < -0.39 is 11.6 Å². The molecule has 1 N–H and O–H groups in total. The molecule has 2 fully saturated rings. The monoisotopic (exact) mass is 470 g/mol. The van der Waals surface area contributed by atoms with Crippen molar-refractivity contribution in [2.75, 3.05) is 34.8 Å². The van der Waals surface area contributed by atoms with E-state index >= 15 is 0 Å². The van der Waals surface area contributed by atoms with Gasteiger partial charge in [0.05, 0.1) is 5.69 Å². The van der Waals surface area contributed by atoms with Crippen molar-refractivity contribution < 1.29 is 13.2 Å². The topological polar surface area (TPSA) is 75.0 Å². The van der Waals surface area contributed by atoms with Gasteiger partial charge in [0.15, 0.2) is 23.3 Å². The van der Waals surface area contributed by atoms with Crippen molar-refractivity contribution in [1.82, 2.24) is 24.7 Å². The summed E-state index contributed by atoms with van der Waals surface area (Å²) < 4.78 is 43.7. The zero-order valence-electron chi connectivity index (χ0n) is 18.8. The number of hydrogen-bond acceptors (Lipinski definition) is 7. The van der Waals surface area contributed by atoms with Crippen LogP contribution in [0.2, 0.25) is 0 Å². The first-order valence-electron chi connectivity index (χ1n) is 11.6. The summed E-state index contributed by atoms with van der Waals surface area (Å²) in [5.41, 5.74) is 0.908. The number of rotatable bonds is 4. The molecule has 6 rings (SSSR count). The summed E-state index contributed by atoms with van der Waals surface area (Å²) in [6.45, 7) is 4.42. The van der Waals surface area contributed by atoms with Gasteiger partial charge in [-0.2, -0.15) is 4.98 Å². The highest BCUT2D eigenvalue weighted by atomic mass is 19.2. The minimum Gasteiger partial charge on any atom is -0.353 e. The Hall–Kier alpha value is -3.37. The normalized spacial score (nSPS) is 23.8. The molecule has 0 spiro atoms. The first-order valence-corrected chi connectivity index (χ1v) is 11.6. The van der Waals surface area contributed by atoms with Gasteiger partial charge in [-0.15, -0.1) is 5.10 Å². The molecular weight excluding hydrogens is 445 g/mol.